The van der Waals surface area contributed by atoms with Gasteiger partial charge in [-0.15, -0.1) is 0 Å². The van der Waals surface area contributed by atoms with Crippen LogP contribution in [0.3, 0.4) is 0 Å². The van der Waals surface area contributed by atoms with Gasteiger partial charge in [0, 0.05) is 17.7 Å². The molecule has 64 valence electrons. The first kappa shape index (κ1) is 8.89. The van der Waals surface area contributed by atoms with E-state index in [1.165, 1.54) is 5.01 Å². The van der Waals surface area contributed by atoms with Crippen molar-refractivity contribution >= 4 is 15.9 Å². The number of hydroxylamine groups is 1. The standard InChI is InChI=1S/C5H7BrF2N2O/c1-9-2-4(6)3-10(9)11-5(7)8/h2,5H,3H2,1H3. The molecule has 0 unspecified atom stereocenters. The highest BCUT2D eigenvalue weighted by Gasteiger charge is 2.21. The van der Waals surface area contributed by atoms with Crippen LogP contribution in [-0.4, -0.2) is 30.4 Å². The first-order chi connectivity index (χ1) is 5.09. The number of alkyl halides is 2. The molecular weight excluding hydrogens is 222 g/mol. The zero-order chi connectivity index (χ0) is 8.43. The summed E-state index contributed by atoms with van der Waals surface area (Å²) >= 11 is 3.16. The molecule has 0 aromatic rings. The second kappa shape index (κ2) is 3.46. The Labute approximate surface area is 71.3 Å². The van der Waals surface area contributed by atoms with Crippen molar-refractivity contribution in [3.8, 4) is 0 Å². The molecule has 0 spiro atoms. The van der Waals surface area contributed by atoms with Crippen molar-refractivity contribution in [2.75, 3.05) is 13.6 Å². The van der Waals surface area contributed by atoms with Crippen LogP contribution >= 0.6 is 15.9 Å². The van der Waals surface area contributed by atoms with Gasteiger partial charge in [-0.3, -0.25) is 5.01 Å². The number of hydrogen-bond acceptors (Lipinski definition) is 3. The van der Waals surface area contributed by atoms with Gasteiger partial charge in [-0.1, -0.05) is 21.1 Å². The van der Waals surface area contributed by atoms with Crippen molar-refractivity contribution in [3.05, 3.63) is 10.7 Å². The van der Waals surface area contributed by atoms with Crippen molar-refractivity contribution in [1.82, 2.24) is 10.2 Å². The third-order valence-electron chi connectivity index (χ3n) is 1.17. The van der Waals surface area contributed by atoms with E-state index in [9.17, 15) is 8.78 Å². The normalized spacial score (nSPS) is 19.7. The van der Waals surface area contributed by atoms with Crippen molar-refractivity contribution in [3.63, 3.8) is 0 Å². The highest BCUT2D eigenvalue weighted by molar-refractivity contribution is 9.11. The van der Waals surface area contributed by atoms with E-state index in [0.29, 0.717) is 6.54 Å². The maximum Gasteiger partial charge on any atom is 0.362 e. The molecule has 11 heavy (non-hydrogen) atoms. The first-order valence-corrected chi connectivity index (χ1v) is 3.70. The van der Waals surface area contributed by atoms with Gasteiger partial charge in [0.05, 0.1) is 6.54 Å². The molecule has 0 atom stereocenters. The lowest BCUT2D eigenvalue weighted by Crippen LogP contribution is -2.34. The average Bonchev–Trinajstić information content (AvgIpc) is 2.09. The molecule has 0 saturated carbocycles. The summed E-state index contributed by atoms with van der Waals surface area (Å²) in [5, 5.41) is 2.50. The molecule has 0 aromatic carbocycles. The van der Waals surface area contributed by atoms with Crippen LogP contribution in [0.2, 0.25) is 0 Å². The van der Waals surface area contributed by atoms with Crippen LogP contribution in [-0.2, 0) is 4.84 Å². The zero-order valence-corrected chi connectivity index (χ0v) is 7.38. The van der Waals surface area contributed by atoms with Crippen LogP contribution in [0.5, 0.6) is 0 Å². The summed E-state index contributed by atoms with van der Waals surface area (Å²) in [6, 6.07) is 0. The summed E-state index contributed by atoms with van der Waals surface area (Å²) in [5.41, 5.74) is 0. The molecule has 0 N–H and O–H groups in total. The van der Waals surface area contributed by atoms with Crippen molar-refractivity contribution in [2.45, 2.75) is 6.61 Å². The highest BCUT2D eigenvalue weighted by Crippen LogP contribution is 2.19. The van der Waals surface area contributed by atoms with Gasteiger partial charge in [-0.2, -0.15) is 8.78 Å². The second-order valence-corrected chi connectivity index (χ2v) is 3.04. The van der Waals surface area contributed by atoms with Gasteiger partial charge >= 0.3 is 6.61 Å². The Hall–Kier alpha value is -0.200. The number of hydrazine groups is 1. The Morgan fingerprint density at radius 2 is 2.36 bits per heavy atom. The van der Waals surface area contributed by atoms with E-state index >= 15 is 0 Å². The molecule has 1 rings (SSSR count). The molecule has 3 nitrogen and oxygen atoms in total. The summed E-state index contributed by atoms with van der Waals surface area (Å²) < 4.78 is 24.1. The molecule has 0 aliphatic carbocycles. The molecule has 0 radical (unpaired) electrons. The van der Waals surface area contributed by atoms with Crippen LogP contribution < -0.4 is 0 Å². The van der Waals surface area contributed by atoms with Gasteiger partial charge < -0.3 is 0 Å². The summed E-state index contributed by atoms with van der Waals surface area (Å²) in [6.45, 7) is -2.45. The number of halogens is 3. The fourth-order valence-electron chi connectivity index (χ4n) is 0.752. The molecule has 1 heterocycles. The molecule has 1 aliphatic heterocycles. The van der Waals surface area contributed by atoms with Crippen LogP contribution in [0, 0.1) is 0 Å². The lowest BCUT2D eigenvalue weighted by Gasteiger charge is -2.22. The van der Waals surface area contributed by atoms with Gasteiger partial charge in [-0.25, -0.2) is 4.84 Å². The Bertz CT molecular complexity index is 176. The Morgan fingerprint density at radius 3 is 2.73 bits per heavy atom. The second-order valence-electron chi connectivity index (χ2n) is 2.03. The van der Waals surface area contributed by atoms with E-state index in [0.717, 1.165) is 9.65 Å². The first-order valence-electron chi connectivity index (χ1n) is 2.91. The summed E-state index contributed by atoms with van der Waals surface area (Å²) in [6.07, 6.45) is 1.66. The monoisotopic (exact) mass is 228 g/mol. The number of hydrogen-bond donors (Lipinski definition) is 0. The third kappa shape index (κ3) is 2.39. The average molecular weight is 229 g/mol. The number of nitrogens with zero attached hydrogens (tertiary/aromatic N) is 2. The fraction of sp³-hybridized carbons (Fsp3) is 0.600. The predicted molar refractivity (Wildman–Crippen MR) is 38.6 cm³/mol. The summed E-state index contributed by atoms with van der Waals surface area (Å²) in [4.78, 5) is 4.14. The van der Waals surface area contributed by atoms with Gasteiger partial charge in [0.15, 0.2) is 0 Å². The lowest BCUT2D eigenvalue weighted by atomic mass is 10.6. The molecule has 0 amide bonds. The molecule has 6 heteroatoms. The maximum atomic E-state index is 11.7. The summed E-state index contributed by atoms with van der Waals surface area (Å²) in [5.74, 6) is 0. The predicted octanol–water partition coefficient (Wildman–Crippen LogP) is 1.54. The molecule has 0 saturated heterocycles. The SMILES string of the molecule is CN1C=C(Br)CN1OC(F)F. The van der Waals surface area contributed by atoms with Crippen LogP contribution in [0.15, 0.2) is 10.7 Å². The van der Waals surface area contributed by atoms with E-state index in [1.54, 1.807) is 13.2 Å². The Morgan fingerprint density at radius 1 is 1.73 bits per heavy atom. The molecule has 0 aromatic heterocycles. The molecule has 0 bridgehead atoms. The van der Waals surface area contributed by atoms with Crippen LogP contribution in [0.1, 0.15) is 0 Å². The van der Waals surface area contributed by atoms with E-state index in [2.05, 4.69) is 20.8 Å². The zero-order valence-electron chi connectivity index (χ0n) is 5.80. The van der Waals surface area contributed by atoms with E-state index < -0.39 is 6.61 Å². The van der Waals surface area contributed by atoms with Crippen molar-refractivity contribution in [1.29, 1.82) is 0 Å². The maximum absolute atomic E-state index is 11.7. The minimum Gasteiger partial charge on any atom is -0.292 e. The third-order valence-corrected chi connectivity index (χ3v) is 1.62. The minimum atomic E-state index is -2.77. The largest absolute Gasteiger partial charge is 0.362 e. The van der Waals surface area contributed by atoms with Gasteiger partial charge in [0.1, 0.15) is 0 Å². The van der Waals surface area contributed by atoms with E-state index in [-0.39, 0.29) is 0 Å². The lowest BCUT2D eigenvalue weighted by molar-refractivity contribution is -0.335. The molecular formula is C5H7BrF2N2O. The minimum absolute atomic E-state index is 0.320. The van der Waals surface area contributed by atoms with Crippen molar-refractivity contribution < 1.29 is 13.6 Å². The Kier molecular flexibility index (Phi) is 2.80. The quantitative estimate of drug-likeness (QED) is 0.714. The van der Waals surface area contributed by atoms with Gasteiger partial charge in [0.2, 0.25) is 0 Å². The van der Waals surface area contributed by atoms with Crippen LogP contribution in [0.4, 0.5) is 8.78 Å². The molecule has 1 aliphatic rings. The van der Waals surface area contributed by atoms with Gasteiger partial charge in [-0.05, 0) is 0 Å². The fourth-order valence-corrected chi connectivity index (χ4v) is 1.26. The van der Waals surface area contributed by atoms with E-state index in [4.69, 9.17) is 0 Å². The summed E-state index contributed by atoms with van der Waals surface area (Å²) in [7, 11) is 1.62. The highest BCUT2D eigenvalue weighted by atomic mass is 79.9. The van der Waals surface area contributed by atoms with Crippen molar-refractivity contribution in [2.24, 2.45) is 0 Å². The molecule has 0 fully saturated rings. The van der Waals surface area contributed by atoms with E-state index in [1.807, 2.05) is 0 Å². The van der Waals surface area contributed by atoms with Crippen LogP contribution in [0.25, 0.3) is 0 Å². The number of rotatable bonds is 2. The van der Waals surface area contributed by atoms with Gasteiger partial charge in [0.25, 0.3) is 0 Å². The smallest absolute Gasteiger partial charge is 0.292 e. The topological polar surface area (TPSA) is 15.7 Å². The Balaban J connectivity index is 2.40.